The predicted octanol–water partition coefficient (Wildman–Crippen LogP) is 1.21. The van der Waals surface area contributed by atoms with E-state index in [1.165, 1.54) is 0 Å². The molecule has 0 aromatic heterocycles. The van der Waals surface area contributed by atoms with Crippen LogP contribution in [0.15, 0.2) is 30.3 Å². The number of benzene rings is 1. The summed E-state index contributed by atoms with van der Waals surface area (Å²) in [6.45, 7) is 1.64. The van der Waals surface area contributed by atoms with Crippen molar-refractivity contribution in [3.8, 4) is 0 Å². The largest absolute Gasteiger partial charge is 0.379 e. The Morgan fingerprint density at radius 1 is 1.41 bits per heavy atom. The summed E-state index contributed by atoms with van der Waals surface area (Å²) >= 11 is 0. The Morgan fingerprint density at radius 2 is 2.24 bits per heavy atom. The minimum absolute atomic E-state index is 0.0929. The van der Waals surface area contributed by atoms with Crippen molar-refractivity contribution >= 4 is 6.03 Å². The highest BCUT2D eigenvalue weighted by atomic mass is 16.7. The fourth-order valence-electron chi connectivity index (χ4n) is 1.62. The number of rotatable bonds is 4. The molecule has 1 aromatic carbocycles. The van der Waals surface area contributed by atoms with Gasteiger partial charge in [0.15, 0.2) is 0 Å². The fraction of sp³-hybridized carbons (Fsp3) is 0.417. The minimum Gasteiger partial charge on any atom is -0.379 e. The van der Waals surface area contributed by atoms with Crippen molar-refractivity contribution in [3.05, 3.63) is 35.9 Å². The van der Waals surface area contributed by atoms with Gasteiger partial charge < -0.3 is 10.1 Å². The van der Waals surface area contributed by atoms with Gasteiger partial charge in [-0.1, -0.05) is 30.3 Å². The molecule has 0 bridgehead atoms. The van der Waals surface area contributed by atoms with E-state index in [-0.39, 0.29) is 12.1 Å². The van der Waals surface area contributed by atoms with Crippen molar-refractivity contribution in [1.82, 2.24) is 10.8 Å². The summed E-state index contributed by atoms with van der Waals surface area (Å²) in [6, 6.07) is 9.42. The summed E-state index contributed by atoms with van der Waals surface area (Å²) < 4.78 is 5.15. The van der Waals surface area contributed by atoms with Gasteiger partial charge in [0.1, 0.15) is 0 Å². The van der Waals surface area contributed by atoms with E-state index >= 15 is 0 Å². The lowest BCUT2D eigenvalue weighted by molar-refractivity contribution is 0.0479. The monoisotopic (exact) mass is 236 g/mol. The average Bonchev–Trinajstić information content (AvgIpc) is 2.83. The Labute approximate surface area is 100 Å². The van der Waals surface area contributed by atoms with Crippen LogP contribution >= 0.6 is 0 Å². The zero-order valence-corrected chi connectivity index (χ0v) is 9.52. The molecule has 1 saturated heterocycles. The maximum absolute atomic E-state index is 11.4. The van der Waals surface area contributed by atoms with Crippen LogP contribution in [0.4, 0.5) is 4.79 Å². The minimum atomic E-state index is -0.323. The molecule has 1 aliphatic heterocycles. The van der Waals surface area contributed by atoms with Crippen LogP contribution in [0.5, 0.6) is 0 Å². The molecular formula is C12H16N2O3. The summed E-state index contributed by atoms with van der Waals surface area (Å²) in [5.41, 5.74) is 3.36. The predicted molar refractivity (Wildman–Crippen MR) is 62.1 cm³/mol. The molecule has 2 N–H and O–H groups in total. The lowest BCUT2D eigenvalue weighted by Gasteiger charge is -2.11. The van der Waals surface area contributed by atoms with Crippen LogP contribution in [0.2, 0.25) is 0 Å². The van der Waals surface area contributed by atoms with Crippen LogP contribution in [0.25, 0.3) is 0 Å². The summed E-state index contributed by atoms with van der Waals surface area (Å²) in [5, 5.41) is 2.77. The zero-order valence-electron chi connectivity index (χ0n) is 9.52. The van der Waals surface area contributed by atoms with Gasteiger partial charge in [-0.2, -0.15) is 0 Å². The second-order valence-electron chi connectivity index (χ2n) is 3.91. The fourth-order valence-corrected chi connectivity index (χ4v) is 1.62. The molecule has 0 spiro atoms. The number of nitrogens with one attached hydrogen (secondary N) is 2. The highest BCUT2D eigenvalue weighted by molar-refractivity contribution is 5.73. The first kappa shape index (κ1) is 11.9. The van der Waals surface area contributed by atoms with Crippen molar-refractivity contribution in [2.45, 2.75) is 19.1 Å². The Hall–Kier alpha value is -1.59. The van der Waals surface area contributed by atoms with E-state index in [9.17, 15) is 4.79 Å². The van der Waals surface area contributed by atoms with E-state index in [0.717, 1.165) is 12.0 Å². The van der Waals surface area contributed by atoms with Gasteiger partial charge in [-0.05, 0) is 12.0 Å². The van der Waals surface area contributed by atoms with E-state index in [1.807, 2.05) is 30.3 Å². The molecule has 2 amide bonds. The molecule has 1 unspecified atom stereocenters. The molecule has 1 heterocycles. The molecule has 17 heavy (non-hydrogen) atoms. The number of hydroxylamine groups is 1. The van der Waals surface area contributed by atoms with Gasteiger partial charge in [0.05, 0.1) is 19.3 Å². The molecule has 0 aliphatic carbocycles. The third kappa shape index (κ3) is 4.05. The molecule has 5 heteroatoms. The van der Waals surface area contributed by atoms with Gasteiger partial charge in [0.2, 0.25) is 0 Å². The van der Waals surface area contributed by atoms with Crippen LogP contribution in [-0.2, 0) is 16.2 Å². The Bertz CT molecular complexity index is 350. The van der Waals surface area contributed by atoms with Crippen molar-refractivity contribution in [1.29, 1.82) is 0 Å². The van der Waals surface area contributed by atoms with Crippen LogP contribution in [-0.4, -0.2) is 25.3 Å². The highest BCUT2D eigenvalue weighted by Crippen LogP contribution is 2.03. The number of urea groups is 1. The average molecular weight is 236 g/mol. The number of hydrogen-bond acceptors (Lipinski definition) is 3. The first-order valence-corrected chi connectivity index (χ1v) is 5.64. The van der Waals surface area contributed by atoms with Crippen LogP contribution in [0.1, 0.15) is 12.0 Å². The van der Waals surface area contributed by atoms with Gasteiger partial charge in [0, 0.05) is 6.61 Å². The molecule has 1 aliphatic rings. The molecule has 1 aromatic rings. The Morgan fingerprint density at radius 3 is 2.94 bits per heavy atom. The number of ether oxygens (including phenoxy) is 1. The third-order valence-electron chi connectivity index (χ3n) is 2.51. The van der Waals surface area contributed by atoms with Gasteiger partial charge in [-0.15, -0.1) is 0 Å². The van der Waals surface area contributed by atoms with Crippen molar-refractivity contribution in [2.24, 2.45) is 0 Å². The lowest BCUT2D eigenvalue weighted by Crippen LogP contribution is -2.42. The van der Waals surface area contributed by atoms with Gasteiger partial charge in [-0.25, -0.2) is 10.3 Å². The molecule has 92 valence electrons. The quantitative estimate of drug-likeness (QED) is 0.772. The van der Waals surface area contributed by atoms with Gasteiger partial charge in [-0.3, -0.25) is 4.84 Å². The van der Waals surface area contributed by atoms with E-state index in [2.05, 4.69) is 10.8 Å². The molecule has 1 atom stereocenters. The van der Waals surface area contributed by atoms with E-state index in [0.29, 0.717) is 19.8 Å². The molecule has 2 rings (SSSR count). The third-order valence-corrected chi connectivity index (χ3v) is 2.51. The van der Waals surface area contributed by atoms with Crippen molar-refractivity contribution < 1.29 is 14.4 Å². The number of carbonyl (C=O) groups is 1. The van der Waals surface area contributed by atoms with Crippen LogP contribution in [0, 0.1) is 0 Å². The maximum atomic E-state index is 11.4. The zero-order chi connectivity index (χ0) is 11.9. The maximum Gasteiger partial charge on any atom is 0.339 e. The van der Waals surface area contributed by atoms with Crippen LogP contribution in [0.3, 0.4) is 0 Å². The standard InChI is InChI=1S/C12H16N2O3/c15-12(13-11-6-7-16-9-11)14-17-8-10-4-2-1-3-5-10/h1-5,11H,6-9H2,(H2,13,14,15). The van der Waals surface area contributed by atoms with Gasteiger partial charge in [0.25, 0.3) is 0 Å². The first-order chi connectivity index (χ1) is 8.34. The summed E-state index contributed by atoms with van der Waals surface area (Å²) in [4.78, 5) is 16.5. The summed E-state index contributed by atoms with van der Waals surface area (Å²) in [5.74, 6) is 0. The summed E-state index contributed by atoms with van der Waals surface area (Å²) in [7, 11) is 0. The van der Waals surface area contributed by atoms with Crippen molar-refractivity contribution in [3.63, 3.8) is 0 Å². The van der Waals surface area contributed by atoms with E-state index < -0.39 is 0 Å². The lowest BCUT2D eigenvalue weighted by atomic mass is 10.2. The molecule has 1 fully saturated rings. The second kappa shape index (κ2) is 6.22. The SMILES string of the molecule is O=C(NOCc1ccccc1)NC1CCOC1. The first-order valence-electron chi connectivity index (χ1n) is 5.64. The Balaban J connectivity index is 1.63. The highest BCUT2D eigenvalue weighted by Gasteiger charge is 2.17. The molecular weight excluding hydrogens is 220 g/mol. The summed E-state index contributed by atoms with van der Waals surface area (Å²) in [6.07, 6.45) is 0.853. The van der Waals surface area contributed by atoms with Crippen LogP contribution < -0.4 is 10.8 Å². The number of amides is 2. The van der Waals surface area contributed by atoms with Crippen molar-refractivity contribution in [2.75, 3.05) is 13.2 Å². The normalized spacial score (nSPS) is 18.9. The molecule has 5 nitrogen and oxygen atoms in total. The molecule has 0 saturated carbocycles. The Kier molecular flexibility index (Phi) is 4.35. The smallest absolute Gasteiger partial charge is 0.339 e. The second-order valence-corrected chi connectivity index (χ2v) is 3.91. The molecule has 0 radical (unpaired) electrons. The van der Waals surface area contributed by atoms with E-state index in [1.54, 1.807) is 0 Å². The topological polar surface area (TPSA) is 59.6 Å². The van der Waals surface area contributed by atoms with E-state index in [4.69, 9.17) is 9.57 Å². The number of hydrogen-bond donors (Lipinski definition) is 2. The number of carbonyl (C=O) groups excluding carboxylic acids is 1. The van der Waals surface area contributed by atoms with Gasteiger partial charge >= 0.3 is 6.03 Å².